The average molecular weight is 416 g/mol. The minimum Gasteiger partial charge on any atom is -0.480 e. The van der Waals surface area contributed by atoms with Crippen LogP contribution in [0.2, 0.25) is 5.02 Å². The molecule has 152 valence electrons. The van der Waals surface area contributed by atoms with Gasteiger partial charge in [-0.1, -0.05) is 18.2 Å². The summed E-state index contributed by atoms with van der Waals surface area (Å²) in [5.41, 5.74) is 3.31. The fourth-order valence-electron chi connectivity index (χ4n) is 3.18. The van der Waals surface area contributed by atoms with Gasteiger partial charge in [-0.2, -0.15) is 0 Å². The number of piperazine rings is 1. The highest BCUT2D eigenvalue weighted by atomic mass is 35.5. The average Bonchev–Trinajstić information content (AvgIpc) is 2.72. The zero-order valence-electron chi connectivity index (χ0n) is 16.1. The van der Waals surface area contributed by atoms with E-state index < -0.39 is 12.6 Å². The number of allylic oxidation sites excluding steroid dienone is 1. The molecule has 29 heavy (non-hydrogen) atoms. The van der Waals surface area contributed by atoms with Crippen molar-refractivity contribution in [1.29, 1.82) is 0 Å². The van der Waals surface area contributed by atoms with Crippen molar-refractivity contribution in [2.45, 2.75) is 6.92 Å². The molecule has 0 spiro atoms. The molecule has 2 aromatic rings. The molecule has 1 fully saturated rings. The number of carbonyl (C=O) groups is 2. The third-order valence-electron chi connectivity index (χ3n) is 4.64. The summed E-state index contributed by atoms with van der Waals surface area (Å²) in [6, 6.07) is 8.85. The monoisotopic (exact) mass is 415 g/mol. The number of carbonyl (C=O) groups excluding carboxylic acids is 1. The molecule has 3 rings (SSSR count). The van der Waals surface area contributed by atoms with E-state index in [2.05, 4.69) is 16.5 Å². The van der Waals surface area contributed by atoms with Gasteiger partial charge in [-0.15, -0.1) is 0 Å². The summed E-state index contributed by atoms with van der Waals surface area (Å²) >= 11 is 6.12. The maximum atomic E-state index is 12.7. The molecule has 0 unspecified atom stereocenters. The largest absolute Gasteiger partial charge is 0.480 e. The predicted octanol–water partition coefficient (Wildman–Crippen LogP) is 3.19. The zero-order valence-corrected chi connectivity index (χ0v) is 16.9. The van der Waals surface area contributed by atoms with E-state index in [1.807, 2.05) is 25.1 Å². The van der Waals surface area contributed by atoms with Crippen LogP contribution >= 0.6 is 11.6 Å². The van der Waals surface area contributed by atoms with Gasteiger partial charge in [0.15, 0.2) is 6.61 Å². The van der Waals surface area contributed by atoms with Crippen LogP contribution in [0.25, 0.3) is 5.57 Å². The van der Waals surface area contributed by atoms with E-state index in [9.17, 15) is 9.59 Å². The van der Waals surface area contributed by atoms with Gasteiger partial charge < -0.3 is 19.6 Å². The minimum absolute atomic E-state index is 0.161. The van der Waals surface area contributed by atoms with Crippen molar-refractivity contribution in [2.24, 2.45) is 0 Å². The van der Waals surface area contributed by atoms with E-state index in [0.29, 0.717) is 42.6 Å². The van der Waals surface area contributed by atoms with E-state index in [4.69, 9.17) is 21.4 Å². The smallest absolute Gasteiger partial charge is 0.341 e. The molecule has 1 saturated heterocycles. The first-order valence-corrected chi connectivity index (χ1v) is 9.53. The van der Waals surface area contributed by atoms with Crippen LogP contribution in [-0.2, 0) is 4.79 Å². The lowest BCUT2D eigenvalue weighted by atomic mass is 10.1. The fraction of sp³-hybridized carbons (Fsp3) is 0.286. The first-order valence-electron chi connectivity index (χ1n) is 9.15. The van der Waals surface area contributed by atoms with Crippen LogP contribution in [0.3, 0.4) is 0 Å². The number of aliphatic carboxylic acids is 1. The van der Waals surface area contributed by atoms with E-state index in [0.717, 1.165) is 16.8 Å². The van der Waals surface area contributed by atoms with Crippen molar-refractivity contribution < 1.29 is 19.4 Å². The summed E-state index contributed by atoms with van der Waals surface area (Å²) in [7, 11) is 0. The Kier molecular flexibility index (Phi) is 6.39. The Bertz CT molecular complexity index is 922. The highest BCUT2D eigenvalue weighted by Crippen LogP contribution is 2.30. The number of benzene rings is 1. The molecule has 0 saturated carbocycles. The van der Waals surface area contributed by atoms with E-state index in [1.54, 1.807) is 17.0 Å². The maximum Gasteiger partial charge on any atom is 0.341 e. The second-order valence-corrected chi connectivity index (χ2v) is 7.22. The molecule has 1 amide bonds. The second kappa shape index (κ2) is 8.96. The third kappa shape index (κ3) is 5.06. The number of anilines is 1. The van der Waals surface area contributed by atoms with Crippen LogP contribution in [0, 0.1) is 0 Å². The highest BCUT2D eigenvalue weighted by molar-refractivity contribution is 6.30. The second-order valence-electron chi connectivity index (χ2n) is 6.78. The molecule has 0 aliphatic carbocycles. The highest BCUT2D eigenvalue weighted by Gasteiger charge is 2.24. The van der Waals surface area contributed by atoms with Gasteiger partial charge >= 0.3 is 5.97 Å². The number of aromatic nitrogens is 1. The number of hydrogen-bond acceptors (Lipinski definition) is 5. The number of hydrogen-bond donors (Lipinski definition) is 1. The van der Waals surface area contributed by atoms with Crippen molar-refractivity contribution >= 4 is 34.7 Å². The molecule has 1 aromatic carbocycles. The summed E-state index contributed by atoms with van der Waals surface area (Å²) in [5.74, 6) is -0.923. The molecule has 2 heterocycles. The van der Waals surface area contributed by atoms with Crippen LogP contribution in [-0.4, -0.2) is 59.7 Å². The third-order valence-corrected chi connectivity index (χ3v) is 4.88. The van der Waals surface area contributed by atoms with Crippen molar-refractivity contribution in [2.75, 3.05) is 37.7 Å². The number of pyridine rings is 1. The van der Waals surface area contributed by atoms with Gasteiger partial charge in [-0.25, -0.2) is 9.78 Å². The first-order chi connectivity index (χ1) is 13.8. The molecule has 0 bridgehead atoms. The van der Waals surface area contributed by atoms with Gasteiger partial charge in [0.25, 0.3) is 5.91 Å². The summed E-state index contributed by atoms with van der Waals surface area (Å²) in [6.45, 7) is 8.04. The van der Waals surface area contributed by atoms with E-state index >= 15 is 0 Å². The zero-order chi connectivity index (χ0) is 21.0. The molecule has 0 radical (unpaired) electrons. The topological polar surface area (TPSA) is 83.0 Å². The Hall–Kier alpha value is -3.06. The summed E-state index contributed by atoms with van der Waals surface area (Å²) in [4.78, 5) is 31.3. The Morgan fingerprint density at radius 1 is 1.21 bits per heavy atom. The number of carboxylic acid groups (broad SMARTS) is 1. The quantitative estimate of drug-likeness (QED) is 0.780. The Balaban J connectivity index is 1.63. The number of rotatable bonds is 6. The molecule has 8 heteroatoms. The Morgan fingerprint density at radius 3 is 2.52 bits per heavy atom. The van der Waals surface area contributed by atoms with Crippen molar-refractivity contribution in [1.82, 2.24) is 9.88 Å². The number of ether oxygens (including phenoxy) is 1. The molecule has 1 aliphatic heterocycles. The Labute approximate surface area is 174 Å². The van der Waals surface area contributed by atoms with Crippen molar-refractivity contribution in [3.8, 4) is 5.75 Å². The fourth-order valence-corrected chi connectivity index (χ4v) is 3.35. The number of nitrogens with zero attached hydrogens (tertiary/aromatic N) is 3. The minimum atomic E-state index is -1.07. The number of halogens is 1. The SMILES string of the molecule is C=C(C)c1cc(Cl)ccc1N1CCN(C(=O)c2ccc(OCC(=O)O)cn2)CC1. The van der Waals surface area contributed by atoms with Crippen molar-refractivity contribution in [3.63, 3.8) is 0 Å². The van der Waals surface area contributed by atoms with Crippen LogP contribution in [0.4, 0.5) is 5.69 Å². The van der Waals surface area contributed by atoms with Gasteiger partial charge in [0.2, 0.25) is 0 Å². The number of amides is 1. The molecular weight excluding hydrogens is 394 g/mol. The molecular formula is C21H22ClN3O4. The van der Waals surface area contributed by atoms with Gasteiger partial charge in [-0.3, -0.25) is 4.79 Å². The summed E-state index contributed by atoms with van der Waals surface area (Å²) < 4.78 is 5.04. The van der Waals surface area contributed by atoms with Crippen LogP contribution in [0.15, 0.2) is 43.1 Å². The van der Waals surface area contributed by atoms with Crippen LogP contribution in [0.1, 0.15) is 23.0 Å². The maximum absolute atomic E-state index is 12.7. The van der Waals surface area contributed by atoms with Gasteiger partial charge in [0.05, 0.1) is 6.20 Å². The molecule has 1 N–H and O–H groups in total. The van der Waals surface area contributed by atoms with Gasteiger partial charge in [0.1, 0.15) is 11.4 Å². The molecule has 1 aliphatic rings. The van der Waals surface area contributed by atoms with Gasteiger partial charge in [-0.05, 0) is 42.8 Å². The molecule has 1 aromatic heterocycles. The summed E-state index contributed by atoms with van der Waals surface area (Å²) in [5, 5.41) is 9.30. The van der Waals surface area contributed by atoms with Crippen LogP contribution in [0.5, 0.6) is 5.75 Å². The van der Waals surface area contributed by atoms with Gasteiger partial charge in [0, 0.05) is 42.5 Å². The summed E-state index contributed by atoms with van der Waals surface area (Å²) in [6.07, 6.45) is 1.36. The lowest BCUT2D eigenvalue weighted by molar-refractivity contribution is -0.139. The lowest BCUT2D eigenvalue weighted by Gasteiger charge is -2.37. The Morgan fingerprint density at radius 2 is 1.93 bits per heavy atom. The molecule has 7 nitrogen and oxygen atoms in total. The number of carboxylic acids is 1. The van der Waals surface area contributed by atoms with E-state index in [-0.39, 0.29) is 5.91 Å². The first kappa shape index (κ1) is 20.7. The van der Waals surface area contributed by atoms with Crippen molar-refractivity contribution in [3.05, 3.63) is 59.4 Å². The van der Waals surface area contributed by atoms with Crippen LogP contribution < -0.4 is 9.64 Å². The predicted molar refractivity (Wildman–Crippen MR) is 112 cm³/mol. The normalized spacial score (nSPS) is 13.9. The molecule has 0 atom stereocenters. The lowest BCUT2D eigenvalue weighted by Crippen LogP contribution is -2.49. The standard InChI is InChI=1S/C21H22ClN3O4/c1-14(2)17-11-15(22)3-6-19(17)24-7-9-25(10-8-24)21(28)18-5-4-16(12-23-18)29-13-20(26)27/h3-6,11-12H,1,7-10,13H2,2H3,(H,26,27). The van der Waals surface area contributed by atoms with E-state index in [1.165, 1.54) is 6.20 Å².